The molecule has 0 unspecified atom stereocenters. The third-order valence-corrected chi connectivity index (χ3v) is 6.02. The van der Waals surface area contributed by atoms with Crippen LogP contribution in [0, 0.1) is 24.2 Å². The third kappa shape index (κ3) is 3.97. The monoisotopic (exact) mass is 371 g/mol. The van der Waals surface area contributed by atoms with Crippen molar-refractivity contribution in [3.8, 4) is 6.07 Å². The zero-order valence-corrected chi connectivity index (χ0v) is 16.6. The number of hydrogen-bond acceptors (Lipinski definition) is 5. The van der Waals surface area contributed by atoms with E-state index in [0.29, 0.717) is 23.0 Å². The first kappa shape index (κ1) is 18.6. The minimum absolute atomic E-state index is 0.0859. The van der Waals surface area contributed by atoms with Crippen LogP contribution < -0.4 is 5.32 Å². The molecule has 1 N–H and O–H groups in total. The molecule has 7 heteroatoms. The summed E-state index contributed by atoms with van der Waals surface area (Å²) in [6, 6.07) is 2.30. The molecule has 2 aromatic rings. The maximum Gasteiger partial charge on any atom is 0.239 e. The quantitative estimate of drug-likeness (QED) is 0.877. The molecule has 0 spiro atoms. The fourth-order valence-electron chi connectivity index (χ4n) is 3.52. The smallest absolute Gasteiger partial charge is 0.239 e. The zero-order chi connectivity index (χ0) is 18.8. The Morgan fingerprint density at radius 2 is 2.35 bits per heavy atom. The molecule has 138 valence electrons. The summed E-state index contributed by atoms with van der Waals surface area (Å²) in [4.78, 5) is 15.7. The normalized spacial score (nSPS) is 16.4. The van der Waals surface area contributed by atoms with Crippen molar-refractivity contribution in [3.05, 3.63) is 33.5 Å². The van der Waals surface area contributed by atoms with Crippen LogP contribution in [-0.4, -0.2) is 34.2 Å². The van der Waals surface area contributed by atoms with Gasteiger partial charge in [-0.1, -0.05) is 6.92 Å². The van der Waals surface area contributed by atoms with Gasteiger partial charge in [-0.2, -0.15) is 10.4 Å². The van der Waals surface area contributed by atoms with Gasteiger partial charge in [-0.05, 0) is 44.7 Å². The number of nitrogens with zero attached hydrogens (tertiary/aromatic N) is 4. The van der Waals surface area contributed by atoms with Crippen molar-refractivity contribution in [1.29, 1.82) is 5.26 Å². The number of rotatable bonds is 5. The summed E-state index contributed by atoms with van der Waals surface area (Å²) >= 11 is 1.57. The van der Waals surface area contributed by atoms with E-state index >= 15 is 0 Å². The molecular formula is C19H25N5OS. The van der Waals surface area contributed by atoms with Crippen LogP contribution in [0.2, 0.25) is 0 Å². The summed E-state index contributed by atoms with van der Waals surface area (Å²) in [5.41, 5.74) is 3.90. The van der Waals surface area contributed by atoms with Gasteiger partial charge in [0.1, 0.15) is 11.1 Å². The van der Waals surface area contributed by atoms with Crippen LogP contribution in [0.4, 0.5) is 5.00 Å². The second-order valence-electron chi connectivity index (χ2n) is 7.30. The molecule has 2 aromatic heterocycles. The van der Waals surface area contributed by atoms with Crippen molar-refractivity contribution in [1.82, 2.24) is 14.7 Å². The van der Waals surface area contributed by atoms with E-state index in [1.165, 1.54) is 4.88 Å². The lowest BCUT2D eigenvalue weighted by Gasteiger charge is -2.17. The fraction of sp³-hybridized carbons (Fsp3) is 0.526. The highest BCUT2D eigenvalue weighted by Gasteiger charge is 2.24. The van der Waals surface area contributed by atoms with E-state index in [9.17, 15) is 10.1 Å². The average molecular weight is 372 g/mol. The first-order valence-corrected chi connectivity index (χ1v) is 9.71. The van der Waals surface area contributed by atoms with Crippen molar-refractivity contribution in [2.45, 2.75) is 39.7 Å². The summed E-state index contributed by atoms with van der Waals surface area (Å²) in [6.45, 7) is 5.15. The third-order valence-electron chi connectivity index (χ3n) is 4.85. The van der Waals surface area contributed by atoms with Gasteiger partial charge in [0.05, 0.1) is 17.8 Å². The Hall–Kier alpha value is -2.17. The van der Waals surface area contributed by atoms with Crippen molar-refractivity contribution < 1.29 is 4.79 Å². The predicted molar refractivity (Wildman–Crippen MR) is 103 cm³/mol. The molecule has 6 nitrogen and oxygen atoms in total. The van der Waals surface area contributed by atoms with Gasteiger partial charge in [0.25, 0.3) is 0 Å². The number of hydrogen-bond donors (Lipinski definition) is 1. The number of aromatic nitrogens is 2. The molecule has 1 aliphatic rings. The highest BCUT2D eigenvalue weighted by Crippen LogP contribution is 2.39. The fourth-order valence-corrected chi connectivity index (χ4v) is 4.90. The summed E-state index contributed by atoms with van der Waals surface area (Å²) < 4.78 is 1.79. The van der Waals surface area contributed by atoms with E-state index in [0.717, 1.165) is 36.1 Å². The van der Waals surface area contributed by atoms with Crippen LogP contribution in [0.15, 0.2) is 6.20 Å². The number of aryl methyl sites for hydroxylation is 2. The number of carbonyl (C=O) groups excluding carboxylic acids is 1. The molecule has 0 bridgehead atoms. The Morgan fingerprint density at radius 3 is 3.00 bits per heavy atom. The van der Waals surface area contributed by atoms with E-state index < -0.39 is 0 Å². The van der Waals surface area contributed by atoms with Crippen LogP contribution in [0.25, 0.3) is 0 Å². The van der Waals surface area contributed by atoms with Crippen molar-refractivity contribution in [3.63, 3.8) is 0 Å². The Kier molecular flexibility index (Phi) is 5.44. The summed E-state index contributed by atoms with van der Waals surface area (Å²) in [7, 11) is 3.81. The molecule has 0 saturated heterocycles. The standard InChI is InChI=1S/C19H25N5OS/c1-12-5-6-15-16(8-20)19(26-17(15)7-12)21-18(25)11-23(3)9-14-10-24(4)22-13(14)2/h10,12H,5-7,9,11H2,1-4H3,(H,21,25)/t12-/m0/s1. The number of carbonyl (C=O) groups is 1. The minimum Gasteiger partial charge on any atom is -0.315 e. The van der Waals surface area contributed by atoms with Crippen LogP contribution in [0.1, 0.15) is 40.6 Å². The second-order valence-corrected chi connectivity index (χ2v) is 8.41. The number of anilines is 1. The highest BCUT2D eigenvalue weighted by molar-refractivity contribution is 7.16. The maximum atomic E-state index is 12.5. The summed E-state index contributed by atoms with van der Waals surface area (Å²) in [6.07, 6.45) is 5.03. The summed E-state index contributed by atoms with van der Waals surface area (Å²) in [5, 5.41) is 17.5. The van der Waals surface area contributed by atoms with Crippen LogP contribution >= 0.6 is 11.3 Å². The van der Waals surface area contributed by atoms with Crippen LogP contribution in [0.5, 0.6) is 0 Å². The molecule has 1 amide bonds. The SMILES string of the molecule is Cc1nn(C)cc1CN(C)CC(=O)Nc1sc2c(c1C#N)CC[C@H](C)C2. The van der Waals surface area contributed by atoms with E-state index in [1.54, 1.807) is 16.0 Å². The molecule has 2 heterocycles. The number of fused-ring (bicyclic) bond motifs is 1. The predicted octanol–water partition coefficient (Wildman–Crippen LogP) is 2.86. The van der Waals surface area contributed by atoms with Crippen LogP contribution in [-0.2, 0) is 31.2 Å². The average Bonchev–Trinajstić information content (AvgIpc) is 3.05. The van der Waals surface area contributed by atoms with Gasteiger partial charge >= 0.3 is 0 Å². The molecule has 26 heavy (non-hydrogen) atoms. The number of likely N-dealkylation sites (N-methyl/N-ethyl adjacent to an activating group) is 1. The van der Waals surface area contributed by atoms with E-state index in [-0.39, 0.29) is 12.5 Å². The topological polar surface area (TPSA) is 74.0 Å². The lowest BCUT2D eigenvalue weighted by molar-refractivity contribution is -0.117. The Morgan fingerprint density at radius 1 is 1.58 bits per heavy atom. The van der Waals surface area contributed by atoms with Gasteiger partial charge in [-0.25, -0.2) is 0 Å². The van der Waals surface area contributed by atoms with Crippen molar-refractivity contribution in [2.75, 3.05) is 18.9 Å². The maximum absolute atomic E-state index is 12.5. The van der Waals surface area contributed by atoms with Gasteiger partial charge in [-0.3, -0.25) is 14.4 Å². The van der Waals surface area contributed by atoms with Crippen LogP contribution in [0.3, 0.4) is 0 Å². The van der Waals surface area contributed by atoms with Gasteiger partial charge in [-0.15, -0.1) is 11.3 Å². The van der Waals surface area contributed by atoms with Crippen molar-refractivity contribution in [2.24, 2.45) is 13.0 Å². The Labute approximate surface area is 158 Å². The molecule has 0 aromatic carbocycles. The minimum atomic E-state index is -0.0859. The van der Waals surface area contributed by atoms with Crippen molar-refractivity contribution >= 4 is 22.2 Å². The van der Waals surface area contributed by atoms with Gasteiger partial charge in [0, 0.05) is 30.2 Å². The van der Waals surface area contributed by atoms with Gasteiger partial charge in [0.15, 0.2) is 0 Å². The second kappa shape index (κ2) is 7.60. The highest BCUT2D eigenvalue weighted by atomic mass is 32.1. The lowest BCUT2D eigenvalue weighted by Crippen LogP contribution is -2.29. The molecule has 1 aliphatic carbocycles. The van der Waals surface area contributed by atoms with E-state index in [1.807, 2.05) is 32.1 Å². The first-order chi connectivity index (χ1) is 12.4. The number of amides is 1. The molecule has 0 radical (unpaired) electrons. The molecule has 0 saturated carbocycles. The summed E-state index contributed by atoms with van der Waals surface area (Å²) in [5.74, 6) is 0.558. The first-order valence-electron chi connectivity index (χ1n) is 8.89. The van der Waals surface area contributed by atoms with E-state index in [2.05, 4.69) is 23.4 Å². The molecule has 0 aliphatic heterocycles. The Bertz CT molecular complexity index is 860. The Balaban J connectivity index is 1.65. The van der Waals surface area contributed by atoms with E-state index in [4.69, 9.17) is 0 Å². The number of nitriles is 1. The largest absolute Gasteiger partial charge is 0.315 e. The van der Waals surface area contributed by atoms with Gasteiger partial charge < -0.3 is 5.32 Å². The number of nitrogens with one attached hydrogen (secondary N) is 1. The molecular weight excluding hydrogens is 346 g/mol. The number of thiophene rings is 1. The molecule has 1 atom stereocenters. The molecule has 0 fully saturated rings. The lowest BCUT2D eigenvalue weighted by atomic mass is 9.89. The zero-order valence-electron chi connectivity index (χ0n) is 15.8. The molecule has 3 rings (SSSR count). The van der Waals surface area contributed by atoms with Gasteiger partial charge in [0.2, 0.25) is 5.91 Å².